The Bertz CT molecular complexity index is 313. The van der Waals surface area contributed by atoms with E-state index in [9.17, 15) is 4.79 Å². The lowest BCUT2D eigenvalue weighted by molar-refractivity contribution is -0.152. The van der Waals surface area contributed by atoms with Gasteiger partial charge in [-0.15, -0.1) is 0 Å². The molecule has 0 spiro atoms. The molecular weight excluding hydrogens is 200 g/mol. The van der Waals surface area contributed by atoms with Crippen molar-refractivity contribution in [3.8, 4) is 0 Å². The van der Waals surface area contributed by atoms with Gasteiger partial charge in [0.25, 0.3) is 0 Å². The summed E-state index contributed by atoms with van der Waals surface area (Å²) < 4.78 is 5.35. The molecule has 0 aromatic rings. The molecule has 0 amide bonds. The maximum atomic E-state index is 11.9. The van der Waals surface area contributed by atoms with Crippen LogP contribution in [0.4, 0.5) is 0 Å². The molecule has 0 radical (unpaired) electrons. The number of hydrogen-bond acceptors (Lipinski definition) is 2. The third-order valence-corrected chi connectivity index (χ3v) is 4.23. The second-order valence-corrected chi connectivity index (χ2v) is 6.47. The van der Waals surface area contributed by atoms with E-state index >= 15 is 0 Å². The van der Waals surface area contributed by atoms with Gasteiger partial charge in [0, 0.05) is 5.41 Å². The topological polar surface area (TPSA) is 26.3 Å². The van der Waals surface area contributed by atoms with Crippen LogP contribution in [0.3, 0.4) is 0 Å². The lowest BCUT2D eigenvalue weighted by Crippen LogP contribution is -2.40. The molecule has 1 unspecified atom stereocenters. The van der Waals surface area contributed by atoms with E-state index in [0.29, 0.717) is 11.7 Å². The Labute approximate surface area is 99.1 Å². The maximum absolute atomic E-state index is 11.9. The van der Waals surface area contributed by atoms with E-state index in [1.807, 2.05) is 6.92 Å². The summed E-state index contributed by atoms with van der Waals surface area (Å²) in [6.45, 7) is 16.6. The van der Waals surface area contributed by atoms with E-state index in [1.165, 1.54) is 0 Å². The third-order valence-electron chi connectivity index (χ3n) is 4.23. The second-order valence-electron chi connectivity index (χ2n) is 6.47. The van der Waals surface area contributed by atoms with E-state index in [1.54, 1.807) is 0 Å². The first-order chi connectivity index (χ1) is 7.08. The van der Waals surface area contributed by atoms with Crippen LogP contribution in [0.1, 0.15) is 48.0 Å². The van der Waals surface area contributed by atoms with Crippen LogP contribution in [0, 0.1) is 22.7 Å². The van der Waals surface area contributed by atoms with Gasteiger partial charge in [-0.1, -0.05) is 48.1 Å². The summed E-state index contributed by atoms with van der Waals surface area (Å²) in [5.41, 5.74) is -0.0289. The zero-order chi connectivity index (χ0) is 12.7. The molecule has 1 aliphatic heterocycles. The van der Waals surface area contributed by atoms with Gasteiger partial charge in [0.05, 0.1) is 5.92 Å². The van der Waals surface area contributed by atoms with E-state index in [0.717, 1.165) is 6.42 Å². The van der Waals surface area contributed by atoms with Crippen molar-refractivity contribution in [3.05, 3.63) is 12.3 Å². The van der Waals surface area contributed by atoms with Gasteiger partial charge in [-0.05, 0) is 17.8 Å². The molecule has 2 heteroatoms. The van der Waals surface area contributed by atoms with Crippen molar-refractivity contribution in [1.82, 2.24) is 0 Å². The summed E-state index contributed by atoms with van der Waals surface area (Å²) in [6, 6.07) is 0. The van der Waals surface area contributed by atoms with Crippen molar-refractivity contribution in [2.45, 2.75) is 48.0 Å². The van der Waals surface area contributed by atoms with Crippen LogP contribution in [0.15, 0.2) is 12.3 Å². The van der Waals surface area contributed by atoms with Crippen molar-refractivity contribution in [3.63, 3.8) is 0 Å². The van der Waals surface area contributed by atoms with Crippen LogP contribution in [-0.2, 0) is 9.53 Å². The predicted octanol–water partition coefficient (Wildman–Crippen LogP) is 3.77. The number of allylic oxidation sites excluding steroid dienone is 1. The average Bonchev–Trinajstić information content (AvgIpc) is 2.12. The SMILES string of the molecule is C=C1OC(=O)C(C)[C@@H](C)C(C)(C)CC1(C)C. The molecule has 2 nitrogen and oxygen atoms in total. The molecule has 0 bridgehead atoms. The molecule has 1 rings (SSSR count). The molecule has 2 atom stereocenters. The predicted molar refractivity (Wildman–Crippen MR) is 65.7 cm³/mol. The molecule has 0 aliphatic carbocycles. The number of ether oxygens (including phenoxy) is 1. The third kappa shape index (κ3) is 2.31. The van der Waals surface area contributed by atoms with Gasteiger partial charge in [-0.3, -0.25) is 4.79 Å². The first-order valence-electron chi connectivity index (χ1n) is 5.99. The molecule has 0 saturated carbocycles. The van der Waals surface area contributed by atoms with Gasteiger partial charge in [-0.2, -0.15) is 0 Å². The minimum absolute atomic E-state index is 0.0668. The number of esters is 1. The summed E-state index contributed by atoms with van der Waals surface area (Å²) >= 11 is 0. The fraction of sp³-hybridized carbons (Fsp3) is 0.786. The number of cyclic esters (lactones) is 1. The highest BCUT2D eigenvalue weighted by molar-refractivity contribution is 5.73. The Hall–Kier alpha value is -0.790. The van der Waals surface area contributed by atoms with Crippen LogP contribution in [0.25, 0.3) is 0 Å². The van der Waals surface area contributed by atoms with Gasteiger partial charge in [0.1, 0.15) is 5.76 Å². The second kappa shape index (κ2) is 3.90. The van der Waals surface area contributed by atoms with Crippen LogP contribution >= 0.6 is 0 Å². The quantitative estimate of drug-likeness (QED) is 0.585. The van der Waals surface area contributed by atoms with Gasteiger partial charge in [0.15, 0.2) is 0 Å². The van der Waals surface area contributed by atoms with Crippen molar-refractivity contribution in [2.24, 2.45) is 22.7 Å². The highest BCUT2D eigenvalue weighted by Gasteiger charge is 2.42. The van der Waals surface area contributed by atoms with E-state index < -0.39 is 0 Å². The minimum Gasteiger partial charge on any atom is -0.431 e. The van der Waals surface area contributed by atoms with Crippen molar-refractivity contribution in [2.75, 3.05) is 0 Å². The first kappa shape index (κ1) is 13.3. The van der Waals surface area contributed by atoms with Gasteiger partial charge < -0.3 is 4.74 Å². The molecule has 92 valence electrons. The van der Waals surface area contributed by atoms with E-state index in [-0.39, 0.29) is 22.7 Å². The van der Waals surface area contributed by atoms with Crippen LogP contribution in [0.5, 0.6) is 0 Å². The largest absolute Gasteiger partial charge is 0.431 e. The Morgan fingerprint density at radius 2 is 1.75 bits per heavy atom. The maximum Gasteiger partial charge on any atom is 0.314 e. The lowest BCUT2D eigenvalue weighted by atomic mass is 9.64. The molecule has 0 aromatic carbocycles. The summed E-state index contributed by atoms with van der Waals surface area (Å²) in [4.78, 5) is 11.9. The van der Waals surface area contributed by atoms with Crippen LogP contribution in [0.2, 0.25) is 0 Å². The Balaban J connectivity index is 3.10. The van der Waals surface area contributed by atoms with Crippen LogP contribution in [-0.4, -0.2) is 5.97 Å². The smallest absolute Gasteiger partial charge is 0.314 e. The normalized spacial score (nSPS) is 33.9. The van der Waals surface area contributed by atoms with Gasteiger partial charge in [-0.25, -0.2) is 0 Å². The number of carbonyl (C=O) groups is 1. The zero-order valence-corrected chi connectivity index (χ0v) is 11.4. The highest BCUT2D eigenvalue weighted by atomic mass is 16.5. The molecule has 1 aliphatic rings. The van der Waals surface area contributed by atoms with Gasteiger partial charge >= 0.3 is 5.97 Å². The highest BCUT2D eigenvalue weighted by Crippen LogP contribution is 2.47. The molecule has 0 aromatic heterocycles. The number of carbonyl (C=O) groups excluding carboxylic acids is 1. The zero-order valence-electron chi connectivity index (χ0n) is 11.4. The van der Waals surface area contributed by atoms with E-state index in [2.05, 4.69) is 41.2 Å². The Kier molecular flexibility index (Phi) is 3.24. The number of rotatable bonds is 0. The average molecular weight is 224 g/mol. The standard InChI is InChI=1S/C14H24O2/c1-9-10(2)13(4,5)8-14(6,7)11(3)16-12(9)15/h9-10H,3,8H2,1-2,4-7H3/t9?,10-/m1/s1. The Morgan fingerprint density at radius 1 is 1.25 bits per heavy atom. The Morgan fingerprint density at radius 3 is 2.25 bits per heavy atom. The summed E-state index contributed by atoms with van der Waals surface area (Å²) in [7, 11) is 0. The molecule has 0 N–H and O–H groups in total. The monoisotopic (exact) mass is 224 g/mol. The van der Waals surface area contributed by atoms with E-state index in [4.69, 9.17) is 4.74 Å². The number of hydrogen-bond donors (Lipinski definition) is 0. The summed E-state index contributed by atoms with van der Waals surface area (Å²) in [5, 5.41) is 0. The summed E-state index contributed by atoms with van der Waals surface area (Å²) in [5.74, 6) is 0.706. The first-order valence-corrected chi connectivity index (χ1v) is 5.99. The lowest BCUT2D eigenvalue weighted by Gasteiger charge is -2.43. The fourth-order valence-electron chi connectivity index (χ4n) is 2.63. The summed E-state index contributed by atoms with van der Waals surface area (Å²) in [6.07, 6.45) is 0.984. The molecule has 16 heavy (non-hydrogen) atoms. The molecule has 1 fully saturated rings. The fourth-order valence-corrected chi connectivity index (χ4v) is 2.63. The molecular formula is C14H24O2. The van der Waals surface area contributed by atoms with Gasteiger partial charge in [0.2, 0.25) is 0 Å². The molecule has 1 saturated heterocycles. The molecule has 1 heterocycles. The van der Waals surface area contributed by atoms with Crippen molar-refractivity contribution < 1.29 is 9.53 Å². The minimum atomic E-state index is -0.145. The van der Waals surface area contributed by atoms with Crippen LogP contribution < -0.4 is 0 Å². The van der Waals surface area contributed by atoms with Crippen molar-refractivity contribution >= 4 is 5.97 Å². The van der Waals surface area contributed by atoms with Crippen molar-refractivity contribution in [1.29, 1.82) is 0 Å².